The van der Waals surface area contributed by atoms with Crippen LogP contribution in [0.25, 0.3) is 0 Å². The summed E-state index contributed by atoms with van der Waals surface area (Å²) in [6, 6.07) is 7.69. The molecule has 0 radical (unpaired) electrons. The third-order valence-electron chi connectivity index (χ3n) is 6.50. The van der Waals surface area contributed by atoms with Crippen molar-refractivity contribution in [2.24, 2.45) is 0 Å². The third-order valence-corrected chi connectivity index (χ3v) is 7.48. The molecule has 2 atom stereocenters. The summed E-state index contributed by atoms with van der Waals surface area (Å²) in [5.74, 6) is -0.425. The first-order valence-corrected chi connectivity index (χ1v) is 11.4. The molecule has 2 heterocycles. The van der Waals surface area contributed by atoms with Crippen LogP contribution in [0.15, 0.2) is 24.3 Å². The fourth-order valence-corrected chi connectivity index (χ4v) is 5.73. The van der Waals surface area contributed by atoms with Crippen molar-refractivity contribution in [1.82, 2.24) is 15.1 Å². The highest BCUT2D eigenvalue weighted by Crippen LogP contribution is 2.51. The highest BCUT2D eigenvalue weighted by molar-refractivity contribution is 7.15. The standard InChI is InChI=1S/C22H28N4O2S/c1-4-14(3)26-20(28)16-11-7-6-10-15(16)18(22(26)12-8-9-13-22)19(27)23-21-25-24-17(5-2)29-21/h6-7,10-11,14,18H,4-5,8-9,12-13H2,1-3H3,(H,23,25,27). The van der Waals surface area contributed by atoms with Crippen molar-refractivity contribution in [1.29, 1.82) is 0 Å². The van der Waals surface area contributed by atoms with Gasteiger partial charge in [-0.1, -0.05) is 56.2 Å². The Balaban J connectivity index is 1.80. The number of hydrogen-bond donors (Lipinski definition) is 1. The maximum atomic E-state index is 13.6. The molecule has 1 aliphatic heterocycles. The van der Waals surface area contributed by atoms with Crippen LogP contribution in [-0.4, -0.2) is 38.5 Å². The number of nitrogens with zero attached hydrogens (tertiary/aromatic N) is 3. The van der Waals surface area contributed by atoms with E-state index in [0.29, 0.717) is 10.7 Å². The number of benzene rings is 1. The summed E-state index contributed by atoms with van der Waals surface area (Å²) in [7, 11) is 0. The monoisotopic (exact) mass is 412 g/mol. The van der Waals surface area contributed by atoms with Gasteiger partial charge in [-0.25, -0.2) is 0 Å². The topological polar surface area (TPSA) is 75.2 Å². The first-order valence-electron chi connectivity index (χ1n) is 10.6. The second-order valence-electron chi connectivity index (χ2n) is 8.11. The number of amides is 2. The molecule has 2 aromatic rings. The maximum absolute atomic E-state index is 13.6. The van der Waals surface area contributed by atoms with Crippen LogP contribution in [0.3, 0.4) is 0 Å². The number of carbonyl (C=O) groups excluding carboxylic acids is 2. The Morgan fingerprint density at radius 3 is 2.66 bits per heavy atom. The summed E-state index contributed by atoms with van der Waals surface area (Å²) < 4.78 is 0. The average Bonchev–Trinajstić information content (AvgIpc) is 3.38. The van der Waals surface area contributed by atoms with Gasteiger partial charge in [-0.3, -0.25) is 14.9 Å². The van der Waals surface area contributed by atoms with Crippen molar-refractivity contribution in [2.45, 2.75) is 76.8 Å². The largest absolute Gasteiger partial charge is 0.329 e. The van der Waals surface area contributed by atoms with E-state index >= 15 is 0 Å². The Bertz CT molecular complexity index is 919. The summed E-state index contributed by atoms with van der Waals surface area (Å²) in [6.07, 6.45) is 5.42. The van der Waals surface area contributed by atoms with Gasteiger partial charge in [-0.2, -0.15) is 0 Å². The predicted octanol–water partition coefficient (Wildman–Crippen LogP) is 4.39. The van der Waals surface area contributed by atoms with Gasteiger partial charge in [0, 0.05) is 11.6 Å². The van der Waals surface area contributed by atoms with Gasteiger partial charge in [0.15, 0.2) is 0 Å². The molecule has 29 heavy (non-hydrogen) atoms. The normalized spacial score (nSPS) is 21.3. The number of anilines is 1. The minimum Gasteiger partial charge on any atom is -0.329 e. The van der Waals surface area contributed by atoms with Crippen LogP contribution in [0.1, 0.15) is 79.7 Å². The van der Waals surface area contributed by atoms with E-state index in [1.165, 1.54) is 11.3 Å². The number of nitrogens with one attached hydrogen (secondary N) is 1. The Morgan fingerprint density at radius 2 is 2.00 bits per heavy atom. The van der Waals surface area contributed by atoms with Crippen LogP contribution < -0.4 is 5.32 Å². The van der Waals surface area contributed by atoms with E-state index in [4.69, 9.17) is 0 Å². The van der Waals surface area contributed by atoms with E-state index in [1.807, 2.05) is 36.1 Å². The lowest BCUT2D eigenvalue weighted by Gasteiger charge is -2.52. The van der Waals surface area contributed by atoms with E-state index in [1.54, 1.807) is 0 Å². The zero-order valence-electron chi connectivity index (χ0n) is 17.3. The molecule has 0 bridgehead atoms. The zero-order chi connectivity index (χ0) is 20.6. The van der Waals surface area contributed by atoms with Gasteiger partial charge in [0.1, 0.15) is 5.01 Å². The van der Waals surface area contributed by atoms with E-state index in [-0.39, 0.29) is 17.9 Å². The van der Waals surface area contributed by atoms with Gasteiger partial charge in [-0.15, -0.1) is 10.2 Å². The Kier molecular flexibility index (Phi) is 5.42. The molecule has 1 aliphatic carbocycles. The number of carbonyl (C=O) groups is 2. The first-order chi connectivity index (χ1) is 14.0. The molecule has 1 fully saturated rings. The van der Waals surface area contributed by atoms with Crippen LogP contribution in [0.4, 0.5) is 5.13 Å². The van der Waals surface area contributed by atoms with Crippen molar-refractivity contribution in [3.8, 4) is 0 Å². The van der Waals surface area contributed by atoms with Crippen LogP contribution in [0, 0.1) is 0 Å². The van der Waals surface area contributed by atoms with E-state index in [9.17, 15) is 9.59 Å². The number of rotatable bonds is 5. The van der Waals surface area contributed by atoms with Crippen molar-refractivity contribution in [3.63, 3.8) is 0 Å². The molecule has 154 valence electrons. The van der Waals surface area contributed by atoms with Gasteiger partial charge in [0.25, 0.3) is 5.91 Å². The summed E-state index contributed by atoms with van der Waals surface area (Å²) in [6.45, 7) is 6.22. The minimum atomic E-state index is -0.469. The molecule has 1 saturated carbocycles. The lowest BCUT2D eigenvalue weighted by Crippen LogP contribution is -2.62. The zero-order valence-corrected chi connectivity index (χ0v) is 18.1. The highest BCUT2D eigenvalue weighted by atomic mass is 32.1. The summed E-state index contributed by atoms with van der Waals surface area (Å²) >= 11 is 1.41. The van der Waals surface area contributed by atoms with E-state index < -0.39 is 11.5 Å². The molecule has 4 rings (SSSR count). The number of hydrogen-bond acceptors (Lipinski definition) is 5. The fourth-order valence-electron chi connectivity index (χ4n) is 5.05. The van der Waals surface area contributed by atoms with Gasteiger partial charge in [-0.05, 0) is 44.2 Å². The Morgan fingerprint density at radius 1 is 1.28 bits per heavy atom. The molecule has 0 saturated heterocycles. The molecule has 2 aliphatic rings. The molecule has 7 heteroatoms. The fraction of sp³-hybridized carbons (Fsp3) is 0.545. The van der Waals surface area contributed by atoms with Crippen molar-refractivity contribution >= 4 is 28.3 Å². The van der Waals surface area contributed by atoms with Crippen molar-refractivity contribution < 1.29 is 9.59 Å². The Labute approximate surface area is 175 Å². The second kappa shape index (κ2) is 7.86. The van der Waals surface area contributed by atoms with Crippen molar-refractivity contribution in [3.05, 3.63) is 40.4 Å². The third kappa shape index (κ3) is 3.25. The van der Waals surface area contributed by atoms with Crippen LogP contribution >= 0.6 is 11.3 Å². The van der Waals surface area contributed by atoms with E-state index in [2.05, 4.69) is 29.4 Å². The minimum absolute atomic E-state index is 0.0603. The molecular formula is C22H28N4O2S. The summed E-state index contributed by atoms with van der Waals surface area (Å²) in [4.78, 5) is 29.2. The van der Waals surface area contributed by atoms with Gasteiger partial charge in [0.05, 0.1) is 11.5 Å². The van der Waals surface area contributed by atoms with Crippen LogP contribution in [0.2, 0.25) is 0 Å². The predicted molar refractivity (Wildman–Crippen MR) is 114 cm³/mol. The quantitative estimate of drug-likeness (QED) is 0.790. The molecule has 1 N–H and O–H groups in total. The molecule has 2 unspecified atom stereocenters. The lowest BCUT2D eigenvalue weighted by molar-refractivity contribution is -0.121. The molecule has 1 spiro atoms. The van der Waals surface area contributed by atoms with Gasteiger partial charge in [0.2, 0.25) is 11.0 Å². The maximum Gasteiger partial charge on any atom is 0.254 e. The first kappa shape index (κ1) is 20.0. The second-order valence-corrected chi connectivity index (χ2v) is 9.17. The van der Waals surface area contributed by atoms with Gasteiger partial charge < -0.3 is 4.90 Å². The summed E-state index contributed by atoms with van der Waals surface area (Å²) in [5.41, 5.74) is 1.03. The number of aromatic nitrogens is 2. The molecule has 1 aromatic carbocycles. The molecule has 6 nitrogen and oxygen atoms in total. The molecule has 2 amide bonds. The van der Waals surface area contributed by atoms with E-state index in [0.717, 1.165) is 49.1 Å². The smallest absolute Gasteiger partial charge is 0.254 e. The SMILES string of the molecule is CCc1nnc(NC(=O)C2c3ccccc3C(=O)N(C(C)CC)C23CCCC3)s1. The van der Waals surface area contributed by atoms with Gasteiger partial charge >= 0.3 is 0 Å². The Hall–Kier alpha value is -2.28. The van der Waals surface area contributed by atoms with Crippen molar-refractivity contribution in [2.75, 3.05) is 5.32 Å². The lowest BCUT2D eigenvalue weighted by atomic mass is 9.70. The highest BCUT2D eigenvalue weighted by Gasteiger charge is 2.56. The number of aryl methyl sites for hydroxylation is 1. The molecular weight excluding hydrogens is 384 g/mol. The average molecular weight is 413 g/mol. The number of fused-ring (bicyclic) bond motifs is 1. The summed E-state index contributed by atoms with van der Waals surface area (Å²) in [5, 5.41) is 12.7. The van der Waals surface area contributed by atoms with Crippen LogP contribution in [0.5, 0.6) is 0 Å². The molecule has 1 aromatic heterocycles. The van der Waals surface area contributed by atoms with Crippen LogP contribution in [-0.2, 0) is 11.2 Å².